The standard InChI is InChI=1S/C18H18ClN5O2/c1-11-9-12(2)24-16(22-23-18(24)21-11)10-20-17(26)8-7-15(25)13-3-5-14(19)6-4-13/h3-6,9H,7-8,10H2,1-2H3,(H,20,26). The summed E-state index contributed by atoms with van der Waals surface area (Å²) < 4.78 is 1.80. The zero-order valence-corrected chi connectivity index (χ0v) is 15.2. The first-order valence-electron chi connectivity index (χ1n) is 8.18. The molecule has 1 aromatic carbocycles. The van der Waals surface area contributed by atoms with Gasteiger partial charge in [0.1, 0.15) is 0 Å². The highest BCUT2D eigenvalue weighted by Gasteiger charge is 2.12. The van der Waals surface area contributed by atoms with Crippen LogP contribution in [-0.4, -0.2) is 31.3 Å². The number of ketones is 1. The summed E-state index contributed by atoms with van der Waals surface area (Å²) >= 11 is 5.80. The molecule has 0 aliphatic carbocycles. The molecule has 0 aliphatic rings. The smallest absolute Gasteiger partial charge is 0.255 e. The molecular formula is C18H18ClN5O2. The van der Waals surface area contributed by atoms with Crippen LogP contribution in [-0.2, 0) is 11.3 Å². The van der Waals surface area contributed by atoms with Gasteiger partial charge in [0.25, 0.3) is 5.78 Å². The molecule has 0 saturated carbocycles. The summed E-state index contributed by atoms with van der Waals surface area (Å²) in [4.78, 5) is 28.4. The van der Waals surface area contributed by atoms with Crippen LogP contribution < -0.4 is 5.32 Å². The molecule has 134 valence electrons. The third kappa shape index (κ3) is 4.05. The van der Waals surface area contributed by atoms with Crippen molar-refractivity contribution in [1.29, 1.82) is 0 Å². The highest BCUT2D eigenvalue weighted by molar-refractivity contribution is 6.30. The maximum absolute atomic E-state index is 12.1. The minimum absolute atomic E-state index is 0.0970. The van der Waals surface area contributed by atoms with Crippen molar-refractivity contribution >= 4 is 29.1 Å². The topological polar surface area (TPSA) is 89.2 Å². The van der Waals surface area contributed by atoms with Crippen LogP contribution in [0.4, 0.5) is 0 Å². The summed E-state index contributed by atoms with van der Waals surface area (Å²) in [6.45, 7) is 4.04. The van der Waals surface area contributed by atoms with E-state index in [9.17, 15) is 9.59 Å². The molecule has 0 bridgehead atoms. The van der Waals surface area contributed by atoms with E-state index in [0.717, 1.165) is 11.4 Å². The van der Waals surface area contributed by atoms with Crippen LogP contribution in [0.2, 0.25) is 5.02 Å². The van der Waals surface area contributed by atoms with Crippen LogP contribution >= 0.6 is 11.6 Å². The maximum atomic E-state index is 12.1. The second-order valence-corrected chi connectivity index (χ2v) is 6.43. The Kier molecular flexibility index (Phi) is 5.27. The molecule has 1 N–H and O–H groups in total. The van der Waals surface area contributed by atoms with E-state index >= 15 is 0 Å². The molecule has 3 aromatic rings. The number of nitrogens with one attached hydrogen (secondary N) is 1. The van der Waals surface area contributed by atoms with Crippen molar-refractivity contribution in [1.82, 2.24) is 24.9 Å². The number of carbonyl (C=O) groups excluding carboxylic acids is 2. The van der Waals surface area contributed by atoms with E-state index in [0.29, 0.717) is 22.2 Å². The summed E-state index contributed by atoms with van der Waals surface area (Å²) in [5.41, 5.74) is 2.35. The number of nitrogens with zero attached hydrogens (tertiary/aromatic N) is 4. The average Bonchev–Trinajstić information content (AvgIpc) is 3.01. The molecule has 0 radical (unpaired) electrons. The number of amides is 1. The summed E-state index contributed by atoms with van der Waals surface area (Å²) in [6, 6.07) is 8.55. The molecule has 26 heavy (non-hydrogen) atoms. The molecule has 7 nitrogen and oxygen atoms in total. The van der Waals surface area contributed by atoms with Crippen LogP contribution in [0, 0.1) is 13.8 Å². The van der Waals surface area contributed by atoms with Crippen molar-refractivity contribution in [2.24, 2.45) is 0 Å². The van der Waals surface area contributed by atoms with Crippen LogP contribution in [0.3, 0.4) is 0 Å². The van der Waals surface area contributed by atoms with E-state index in [-0.39, 0.29) is 31.1 Å². The first-order valence-corrected chi connectivity index (χ1v) is 8.55. The lowest BCUT2D eigenvalue weighted by Crippen LogP contribution is -2.24. The number of carbonyl (C=O) groups is 2. The fourth-order valence-corrected chi connectivity index (χ4v) is 2.81. The second-order valence-electron chi connectivity index (χ2n) is 6.00. The van der Waals surface area contributed by atoms with Gasteiger partial charge in [-0.05, 0) is 44.2 Å². The quantitative estimate of drug-likeness (QED) is 0.673. The number of fused-ring (bicyclic) bond motifs is 1. The van der Waals surface area contributed by atoms with Gasteiger partial charge in [-0.3, -0.25) is 14.0 Å². The highest BCUT2D eigenvalue weighted by Crippen LogP contribution is 2.12. The van der Waals surface area contributed by atoms with E-state index in [1.807, 2.05) is 19.9 Å². The van der Waals surface area contributed by atoms with Gasteiger partial charge >= 0.3 is 0 Å². The Morgan fingerprint density at radius 1 is 1.12 bits per heavy atom. The fourth-order valence-electron chi connectivity index (χ4n) is 2.69. The van der Waals surface area contributed by atoms with Gasteiger partial charge in [-0.15, -0.1) is 10.2 Å². The zero-order valence-electron chi connectivity index (χ0n) is 14.5. The van der Waals surface area contributed by atoms with Gasteiger partial charge in [0, 0.05) is 34.8 Å². The molecule has 3 rings (SSSR count). The molecule has 0 unspecified atom stereocenters. The van der Waals surface area contributed by atoms with E-state index in [2.05, 4.69) is 20.5 Å². The Morgan fingerprint density at radius 3 is 2.58 bits per heavy atom. The minimum Gasteiger partial charge on any atom is -0.349 e. The van der Waals surface area contributed by atoms with E-state index in [1.54, 1.807) is 28.7 Å². The van der Waals surface area contributed by atoms with Gasteiger partial charge in [0.05, 0.1) is 6.54 Å². The summed E-state index contributed by atoms with van der Waals surface area (Å²) in [5.74, 6) is 0.786. The third-order valence-corrected chi connectivity index (χ3v) is 4.20. The monoisotopic (exact) mass is 371 g/mol. The molecule has 0 fully saturated rings. The van der Waals surface area contributed by atoms with Crippen molar-refractivity contribution in [3.8, 4) is 0 Å². The van der Waals surface area contributed by atoms with Gasteiger partial charge in [-0.25, -0.2) is 4.98 Å². The second kappa shape index (κ2) is 7.61. The van der Waals surface area contributed by atoms with Gasteiger partial charge in [-0.2, -0.15) is 0 Å². The van der Waals surface area contributed by atoms with Crippen LogP contribution in [0.15, 0.2) is 30.3 Å². The molecule has 0 atom stereocenters. The van der Waals surface area contributed by atoms with Crippen molar-refractivity contribution in [3.63, 3.8) is 0 Å². The Morgan fingerprint density at radius 2 is 1.85 bits per heavy atom. The number of benzene rings is 1. The van der Waals surface area contributed by atoms with E-state index in [4.69, 9.17) is 11.6 Å². The van der Waals surface area contributed by atoms with Crippen LogP contribution in [0.25, 0.3) is 5.78 Å². The number of hydrogen-bond donors (Lipinski definition) is 1. The maximum Gasteiger partial charge on any atom is 0.255 e. The Bertz CT molecular complexity index is 966. The first-order chi connectivity index (χ1) is 12.4. The normalized spacial score (nSPS) is 10.9. The highest BCUT2D eigenvalue weighted by atomic mass is 35.5. The van der Waals surface area contributed by atoms with Crippen molar-refractivity contribution < 1.29 is 9.59 Å². The molecule has 2 aromatic heterocycles. The summed E-state index contributed by atoms with van der Waals surface area (Å²) in [6.07, 6.45) is 0.238. The molecule has 0 spiro atoms. The van der Waals surface area contributed by atoms with Gasteiger partial charge in [-0.1, -0.05) is 11.6 Å². The lowest BCUT2D eigenvalue weighted by molar-refractivity contribution is -0.121. The number of halogens is 1. The van der Waals surface area contributed by atoms with E-state index < -0.39 is 0 Å². The Hall–Kier alpha value is -2.80. The Balaban J connectivity index is 1.56. The number of rotatable bonds is 6. The SMILES string of the molecule is Cc1cc(C)n2c(CNC(=O)CCC(=O)c3ccc(Cl)cc3)nnc2n1. The van der Waals surface area contributed by atoms with Gasteiger partial charge in [0.15, 0.2) is 11.6 Å². The predicted octanol–water partition coefficient (Wildman–Crippen LogP) is 2.67. The van der Waals surface area contributed by atoms with E-state index in [1.165, 1.54) is 0 Å². The number of aryl methyl sites for hydroxylation is 2. The summed E-state index contributed by atoms with van der Waals surface area (Å²) in [5, 5.41) is 11.4. The van der Waals surface area contributed by atoms with Crippen LogP contribution in [0.1, 0.15) is 40.4 Å². The molecular weight excluding hydrogens is 354 g/mol. The Labute approximate surface area is 155 Å². The largest absolute Gasteiger partial charge is 0.349 e. The molecule has 0 aliphatic heterocycles. The fraction of sp³-hybridized carbons (Fsp3) is 0.278. The van der Waals surface area contributed by atoms with Crippen molar-refractivity contribution in [2.75, 3.05) is 0 Å². The zero-order chi connectivity index (χ0) is 18.7. The average molecular weight is 372 g/mol. The van der Waals surface area contributed by atoms with Crippen LogP contribution in [0.5, 0.6) is 0 Å². The lowest BCUT2D eigenvalue weighted by Gasteiger charge is -2.06. The minimum atomic E-state index is -0.221. The number of hydrogen-bond acceptors (Lipinski definition) is 5. The molecule has 1 amide bonds. The molecule has 8 heteroatoms. The van der Waals surface area contributed by atoms with Gasteiger partial charge in [0.2, 0.25) is 5.91 Å². The third-order valence-electron chi connectivity index (χ3n) is 3.95. The first kappa shape index (κ1) is 18.0. The number of aromatic nitrogens is 4. The van der Waals surface area contributed by atoms with Crippen molar-refractivity contribution in [3.05, 3.63) is 58.1 Å². The number of Topliss-reactive ketones (excluding diaryl/α,β-unsaturated/α-hetero) is 1. The lowest BCUT2D eigenvalue weighted by atomic mass is 10.1. The van der Waals surface area contributed by atoms with Crippen molar-refractivity contribution in [2.45, 2.75) is 33.2 Å². The molecule has 2 heterocycles. The summed E-state index contributed by atoms with van der Waals surface area (Å²) in [7, 11) is 0. The molecule has 0 saturated heterocycles. The van der Waals surface area contributed by atoms with Gasteiger partial charge < -0.3 is 5.32 Å². The predicted molar refractivity (Wildman–Crippen MR) is 97.1 cm³/mol.